The molecule has 0 aliphatic heterocycles. The number of nitrogens with zero attached hydrogens (tertiary/aromatic N) is 4. The average Bonchev–Trinajstić information content (AvgIpc) is 3.17. The molecule has 0 spiro atoms. The van der Waals surface area contributed by atoms with Gasteiger partial charge in [0.15, 0.2) is 5.82 Å². The lowest BCUT2D eigenvalue weighted by Crippen LogP contribution is -2.01. The van der Waals surface area contributed by atoms with Gasteiger partial charge in [-0.2, -0.15) is 0 Å². The van der Waals surface area contributed by atoms with Crippen molar-refractivity contribution in [3.8, 4) is 17.1 Å². The number of nitrogens with one attached hydrogen (secondary N) is 1. The second-order valence-corrected chi connectivity index (χ2v) is 6.18. The fourth-order valence-electron chi connectivity index (χ4n) is 2.66. The Balaban J connectivity index is 1.60. The topological polar surface area (TPSA) is 55.6 Å². The third-order valence-electron chi connectivity index (χ3n) is 3.96. The van der Waals surface area contributed by atoms with Gasteiger partial charge in [0.05, 0.1) is 5.69 Å². The van der Waals surface area contributed by atoms with Gasteiger partial charge in [-0.25, -0.2) is 9.67 Å². The maximum absolute atomic E-state index is 6.07. The Morgan fingerprint density at radius 1 is 0.962 bits per heavy atom. The van der Waals surface area contributed by atoms with Crippen LogP contribution in [0, 0.1) is 0 Å². The van der Waals surface area contributed by atoms with Crippen LogP contribution in [0.3, 0.4) is 0 Å². The molecule has 0 radical (unpaired) electrons. The maximum Gasteiger partial charge on any atom is 0.183 e. The van der Waals surface area contributed by atoms with Gasteiger partial charge in [-0.15, -0.1) is 5.10 Å². The van der Waals surface area contributed by atoms with E-state index < -0.39 is 0 Å². The second kappa shape index (κ2) is 7.37. The van der Waals surface area contributed by atoms with Crippen LogP contribution < -0.4 is 5.32 Å². The molecule has 5 nitrogen and oxygen atoms in total. The van der Waals surface area contributed by atoms with Gasteiger partial charge in [0, 0.05) is 35.2 Å². The lowest BCUT2D eigenvalue weighted by molar-refractivity contribution is 0.882. The van der Waals surface area contributed by atoms with Crippen LogP contribution in [0.15, 0.2) is 79.4 Å². The minimum Gasteiger partial charge on any atom is -0.380 e. The lowest BCUT2D eigenvalue weighted by Gasteiger charge is -2.10. The molecule has 0 bridgehead atoms. The predicted octanol–water partition coefficient (Wildman–Crippen LogP) is 4.59. The molecule has 0 fully saturated rings. The Labute approximate surface area is 156 Å². The zero-order chi connectivity index (χ0) is 17.8. The molecular weight excluding hydrogens is 346 g/mol. The minimum absolute atomic E-state index is 0.655. The number of halogens is 1. The van der Waals surface area contributed by atoms with Crippen molar-refractivity contribution in [3.05, 3.63) is 90.0 Å². The van der Waals surface area contributed by atoms with Gasteiger partial charge in [0.2, 0.25) is 0 Å². The van der Waals surface area contributed by atoms with Gasteiger partial charge in [-0.3, -0.25) is 4.98 Å². The number of para-hydroxylation sites is 1. The lowest BCUT2D eigenvalue weighted by atomic mass is 10.1. The van der Waals surface area contributed by atoms with Crippen molar-refractivity contribution in [2.45, 2.75) is 6.54 Å². The zero-order valence-corrected chi connectivity index (χ0v) is 14.6. The van der Waals surface area contributed by atoms with Gasteiger partial charge in [0.25, 0.3) is 0 Å². The van der Waals surface area contributed by atoms with Gasteiger partial charge in [0.1, 0.15) is 6.33 Å². The number of hydrogen-bond donors (Lipinski definition) is 1. The van der Waals surface area contributed by atoms with Crippen LogP contribution in [0.25, 0.3) is 17.1 Å². The first-order valence-electron chi connectivity index (χ1n) is 8.19. The van der Waals surface area contributed by atoms with Crippen molar-refractivity contribution in [2.24, 2.45) is 0 Å². The van der Waals surface area contributed by atoms with Gasteiger partial charge >= 0.3 is 0 Å². The molecule has 0 amide bonds. The highest BCUT2D eigenvalue weighted by Crippen LogP contribution is 2.26. The number of hydrogen-bond acceptors (Lipinski definition) is 4. The Morgan fingerprint density at radius 3 is 2.65 bits per heavy atom. The number of rotatable bonds is 5. The first-order chi connectivity index (χ1) is 12.8. The molecule has 0 unspecified atom stereocenters. The van der Waals surface area contributed by atoms with Crippen LogP contribution in [0.1, 0.15) is 5.56 Å². The van der Waals surface area contributed by atoms with E-state index in [1.54, 1.807) is 23.4 Å². The highest BCUT2D eigenvalue weighted by atomic mass is 35.5. The van der Waals surface area contributed by atoms with Crippen LogP contribution in [0.4, 0.5) is 5.69 Å². The van der Waals surface area contributed by atoms with Gasteiger partial charge in [-0.05, 0) is 48.0 Å². The van der Waals surface area contributed by atoms with E-state index in [9.17, 15) is 0 Å². The molecule has 2 heterocycles. The number of anilines is 1. The molecule has 0 aliphatic rings. The molecule has 0 saturated heterocycles. The molecule has 128 valence electrons. The summed E-state index contributed by atoms with van der Waals surface area (Å²) in [4.78, 5) is 8.51. The summed E-state index contributed by atoms with van der Waals surface area (Å²) in [5.41, 5.74) is 3.96. The normalized spacial score (nSPS) is 10.7. The van der Waals surface area contributed by atoms with Crippen molar-refractivity contribution in [2.75, 3.05) is 5.32 Å². The third-order valence-corrected chi connectivity index (χ3v) is 4.20. The quantitative estimate of drug-likeness (QED) is 0.564. The fraction of sp³-hybridized carbons (Fsp3) is 0.0500. The predicted molar refractivity (Wildman–Crippen MR) is 103 cm³/mol. The van der Waals surface area contributed by atoms with Crippen LogP contribution in [-0.2, 0) is 6.54 Å². The van der Waals surface area contributed by atoms with E-state index in [-0.39, 0.29) is 0 Å². The Kier molecular flexibility index (Phi) is 4.62. The minimum atomic E-state index is 0.655. The van der Waals surface area contributed by atoms with Crippen molar-refractivity contribution < 1.29 is 0 Å². The molecule has 4 rings (SSSR count). The first-order valence-corrected chi connectivity index (χ1v) is 8.57. The summed E-state index contributed by atoms with van der Waals surface area (Å²) in [7, 11) is 0. The second-order valence-electron chi connectivity index (χ2n) is 5.75. The summed E-state index contributed by atoms with van der Waals surface area (Å²) in [5, 5.41) is 8.72. The molecule has 2 aromatic heterocycles. The smallest absolute Gasteiger partial charge is 0.183 e. The number of benzene rings is 2. The van der Waals surface area contributed by atoms with E-state index in [0.717, 1.165) is 22.5 Å². The largest absolute Gasteiger partial charge is 0.380 e. The van der Waals surface area contributed by atoms with E-state index in [2.05, 4.69) is 20.4 Å². The molecular formula is C20H16ClN5. The molecule has 0 aliphatic carbocycles. The van der Waals surface area contributed by atoms with Crippen molar-refractivity contribution in [3.63, 3.8) is 0 Å². The molecule has 0 saturated carbocycles. The average molecular weight is 362 g/mol. The SMILES string of the molecule is Clc1cccc(-n2cnc(-c3ccccc3NCc3ccncc3)n2)c1. The molecule has 0 atom stereocenters. The molecule has 26 heavy (non-hydrogen) atoms. The highest BCUT2D eigenvalue weighted by Gasteiger charge is 2.10. The summed E-state index contributed by atoms with van der Waals surface area (Å²) >= 11 is 6.07. The van der Waals surface area contributed by atoms with E-state index in [0.29, 0.717) is 17.4 Å². The Morgan fingerprint density at radius 2 is 1.81 bits per heavy atom. The van der Waals surface area contributed by atoms with E-state index in [1.807, 2.05) is 60.7 Å². The fourth-order valence-corrected chi connectivity index (χ4v) is 2.84. The van der Waals surface area contributed by atoms with Crippen molar-refractivity contribution in [1.29, 1.82) is 0 Å². The summed E-state index contributed by atoms with van der Waals surface area (Å²) in [6.07, 6.45) is 5.27. The zero-order valence-electron chi connectivity index (χ0n) is 13.9. The van der Waals surface area contributed by atoms with Crippen molar-refractivity contribution in [1.82, 2.24) is 19.7 Å². The standard InChI is InChI=1S/C20H16ClN5/c21-16-4-3-5-17(12-16)26-14-24-20(25-26)18-6-1-2-7-19(18)23-13-15-8-10-22-11-9-15/h1-12,14,23H,13H2. The Bertz CT molecular complexity index is 1010. The summed E-state index contributed by atoms with van der Waals surface area (Å²) in [5.74, 6) is 0.655. The molecule has 1 N–H and O–H groups in total. The monoisotopic (exact) mass is 361 g/mol. The molecule has 2 aromatic carbocycles. The summed E-state index contributed by atoms with van der Waals surface area (Å²) < 4.78 is 1.72. The van der Waals surface area contributed by atoms with Crippen molar-refractivity contribution >= 4 is 17.3 Å². The maximum atomic E-state index is 6.07. The van der Waals surface area contributed by atoms with E-state index in [1.165, 1.54) is 0 Å². The van der Waals surface area contributed by atoms with Crippen LogP contribution in [0.2, 0.25) is 5.02 Å². The van der Waals surface area contributed by atoms with Crippen LogP contribution in [0.5, 0.6) is 0 Å². The molecule has 6 heteroatoms. The highest BCUT2D eigenvalue weighted by molar-refractivity contribution is 6.30. The molecule has 4 aromatic rings. The van der Waals surface area contributed by atoms with Crippen LogP contribution in [-0.4, -0.2) is 19.7 Å². The van der Waals surface area contributed by atoms with E-state index in [4.69, 9.17) is 11.6 Å². The third kappa shape index (κ3) is 3.58. The summed E-state index contributed by atoms with van der Waals surface area (Å²) in [6, 6.07) is 19.5. The van der Waals surface area contributed by atoms with E-state index >= 15 is 0 Å². The number of aromatic nitrogens is 4. The van der Waals surface area contributed by atoms with Gasteiger partial charge < -0.3 is 5.32 Å². The summed E-state index contributed by atoms with van der Waals surface area (Å²) in [6.45, 7) is 0.703. The number of pyridine rings is 1. The van der Waals surface area contributed by atoms with Gasteiger partial charge in [-0.1, -0.05) is 29.8 Å². The van der Waals surface area contributed by atoms with Crippen LogP contribution >= 0.6 is 11.6 Å². The first kappa shape index (κ1) is 16.3. The Hall–Kier alpha value is -3.18.